The molecule has 0 saturated heterocycles. The van der Waals surface area contributed by atoms with E-state index in [2.05, 4.69) is 25.9 Å². The highest BCUT2D eigenvalue weighted by Crippen LogP contribution is 2.27. The van der Waals surface area contributed by atoms with Gasteiger partial charge in [-0.25, -0.2) is 4.98 Å². The van der Waals surface area contributed by atoms with Crippen molar-refractivity contribution in [1.82, 2.24) is 9.97 Å². The van der Waals surface area contributed by atoms with Gasteiger partial charge in [-0.3, -0.25) is 0 Å². The number of imidazole rings is 1. The number of aromatic amines is 1. The lowest BCUT2D eigenvalue weighted by atomic mass is 10.2. The van der Waals surface area contributed by atoms with E-state index in [0.717, 1.165) is 15.9 Å². The number of nitrogens with two attached hydrogens (primary N) is 1. The molecule has 2 rings (SSSR count). The predicted octanol–water partition coefficient (Wildman–Crippen LogP) is 3.07. The van der Waals surface area contributed by atoms with Crippen LogP contribution in [0.3, 0.4) is 0 Å². The summed E-state index contributed by atoms with van der Waals surface area (Å²) in [6, 6.07) is 7.41. The van der Waals surface area contributed by atoms with Gasteiger partial charge >= 0.3 is 0 Å². The maximum Gasteiger partial charge on any atom is 0.198 e. The third-order valence-electron chi connectivity index (χ3n) is 1.80. The van der Waals surface area contributed by atoms with E-state index >= 15 is 0 Å². The van der Waals surface area contributed by atoms with E-state index in [1.807, 2.05) is 24.3 Å². The van der Waals surface area contributed by atoms with E-state index in [1.165, 1.54) is 0 Å². The fourth-order valence-corrected chi connectivity index (χ4v) is 1.81. The van der Waals surface area contributed by atoms with Crippen LogP contribution in [0.4, 0.5) is 5.95 Å². The van der Waals surface area contributed by atoms with Crippen molar-refractivity contribution in [2.24, 2.45) is 0 Å². The zero-order valence-electron chi connectivity index (χ0n) is 7.09. The van der Waals surface area contributed by atoms with Crippen molar-refractivity contribution in [2.75, 3.05) is 5.73 Å². The normalized spacial score (nSPS) is 10.4. The third kappa shape index (κ3) is 1.76. The molecule has 72 valence electrons. The molecule has 1 aromatic carbocycles. The second-order valence-electron chi connectivity index (χ2n) is 2.79. The number of benzene rings is 1. The number of nitrogens with one attached hydrogen (secondary N) is 1. The molecule has 0 aliphatic rings. The minimum atomic E-state index is 0.391. The first-order valence-electron chi connectivity index (χ1n) is 3.94. The highest BCUT2D eigenvalue weighted by atomic mass is 79.9. The summed E-state index contributed by atoms with van der Waals surface area (Å²) in [6.07, 6.45) is 0. The van der Waals surface area contributed by atoms with Gasteiger partial charge in [-0.1, -0.05) is 23.7 Å². The van der Waals surface area contributed by atoms with Crippen molar-refractivity contribution in [1.29, 1.82) is 0 Å². The Morgan fingerprint density at radius 2 is 1.93 bits per heavy atom. The molecule has 0 unspecified atom stereocenters. The highest BCUT2D eigenvalue weighted by molar-refractivity contribution is 9.10. The van der Waals surface area contributed by atoms with Crippen molar-refractivity contribution in [3.05, 3.63) is 33.9 Å². The van der Waals surface area contributed by atoms with Gasteiger partial charge in [0.25, 0.3) is 0 Å². The van der Waals surface area contributed by atoms with E-state index in [9.17, 15) is 0 Å². The zero-order valence-corrected chi connectivity index (χ0v) is 9.43. The molecule has 0 aliphatic carbocycles. The molecule has 0 spiro atoms. The van der Waals surface area contributed by atoms with Crippen LogP contribution in [0, 0.1) is 0 Å². The minimum Gasteiger partial charge on any atom is -0.369 e. The van der Waals surface area contributed by atoms with Crippen LogP contribution in [-0.4, -0.2) is 9.97 Å². The zero-order chi connectivity index (χ0) is 10.1. The fraction of sp³-hybridized carbons (Fsp3) is 0. The number of halogens is 2. The van der Waals surface area contributed by atoms with Crippen molar-refractivity contribution >= 4 is 33.5 Å². The van der Waals surface area contributed by atoms with Gasteiger partial charge in [-0.05, 0) is 28.1 Å². The fourth-order valence-electron chi connectivity index (χ4n) is 1.17. The quantitative estimate of drug-likeness (QED) is 0.838. The summed E-state index contributed by atoms with van der Waals surface area (Å²) >= 11 is 9.12. The Balaban J connectivity index is 2.49. The lowest BCUT2D eigenvalue weighted by Crippen LogP contribution is -1.85. The number of hydrogen-bond acceptors (Lipinski definition) is 2. The highest BCUT2D eigenvalue weighted by Gasteiger charge is 2.07. The van der Waals surface area contributed by atoms with Crippen LogP contribution < -0.4 is 5.73 Å². The van der Waals surface area contributed by atoms with Crippen molar-refractivity contribution in [3.8, 4) is 11.3 Å². The number of nitrogen functional groups attached to an aromatic ring is 1. The molecule has 0 fully saturated rings. The summed E-state index contributed by atoms with van der Waals surface area (Å²) in [5.74, 6) is 0.391. The average Bonchev–Trinajstić information content (AvgIpc) is 2.47. The molecule has 2 aromatic rings. The lowest BCUT2D eigenvalue weighted by molar-refractivity contribution is 1.31. The third-order valence-corrected chi connectivity index (χ3v) is 2.62. The molecule has 0 saturated carbocycles. The van der Waals surface area contributed by atoms with E-state index in [1.54, 1.807) is 0 Å². The summed E-state index contributed by atoms with van der Waals surface area (Å²) in [6.45, 7) is 0. The van der Waals surface area contributed by atoms with Crippen LogP contribution in [0.5, 0.6) is 0 Å². The van der Waals surface area contributed by atoms with Gasteiger partial charge in [0.05, 0.1) is 0 Å². The topological polar surface area (TPSA) is 54.7 Å². The first-order valence-corrected chi connectivity index (χ1v) is 5.11. The molecule has 3 N–H and O–H groups in total. The summed E-state index contributed by atoms with van der Waals surface area (Å²) in [7, 11) is 0. The lowest BCUT2D eigenvalue weighted by Gasteiger charge is -1.96. The van der Waals surface area contributed by atoms with Crippen molar-refractivity contribution < 1.29 is 0 Å². The van der Waals surface area contributed by atoms with Gasteiger partial charge in [0, 0.05) is 10.6 Å². The van der Waals surface area contributed by atoms with Crippen LogP contribution in [0.1, 0.15) is 0 Å². The van der Waals surface area contributed by atoms with Crippen molar-refractivity contribution in [2.45, 2.75) is 0 Å². The van der Waals surface area contributed by atoms with Gasteiger partial charge in [-0.2, -0.15) is 0 Å². The number of nitrogens with zero attached hydrogens (tertiary/aromatic N) is 1. The number of rotatable bonds is 1. The maximum absolute atomic E-state index is 5.78. The number of H-pyrrole nitrogens is 1. The van der Waals surface area contributed by atoms with E-state index in [0.29, 0.717) is 11.0 Å². The smallest absolute Gasteiger partial charge is 0.198 e. The summed E-state index contributed by atoms with van der Waals surface area (Å²) < 4.78 is 0.775. The van der Waals surface area contributed by atoms with Crippen LogP contribution in [-0.2, 0) is 0 Å². The first-order chi connectivity index (χ1) is 6.66. The molecule has 0 radical (unpaired) electrons. The molecule has 1 aromatic heterocycles. The monoisotopic (exact) mass is 271 g/mol. The Kier molecular flexibility index (Phi) is 2.48. The first kappa shape index (κ1) is 9.55. The summed E-state index contributed by atoms with van der Waals surface area (Å²) in [4.78, 5) is 7.01. The molecule has 5 heteroatoms. The van der Waals surface area contributed by atoms with E-state index in [4.69, 9.17) is 17.3 Å². The predicted molar refractivity (Wildman–Crippen MR) is 61.1 cm³/mol. The molecular formula is C9H7BrClN3. The molecule has 3 nitrogen and oxygen atoms in total. The van der Waals surface area contributed by atoms with E-state index < -0.39 is 0 Å². The SMILES string of the molecule is Nc1nc(-c2ccc(Cl)cc2)c(Br)[nH]1. The minimum absolute atomic E-state index is 0.391. The molecule has 14 heavy (non-hydrogen) atoms. The largest absolute Gasteiger partial charge is 0.369 e. The number of anilines is 1. The van der Waals surface area contributed by atoms with Gasteiger partial charge < -0.3 is 10.7 Å². The molecule has 0 aliphatic heterocycles. The van der Waals surface area contributed by atoms with Gasteiger partial charge in [0.2, 0.25) is 0 Å². The second kappa shape index (κ2) is 3.63. The number of hydrogen-bond donors (Lipinski definition) is 2. The van der Waals surface area contributed by atoms with Gasteiger partial charge in [-0.15, -0.1) is 0 Å². The maximum atomic E-state index is 5.78. The van der Waals surface area contributed by atoms with Gasteiger partial charge in [0.15, 0.2) is 5.95 Å². The molecular weight excluding hydrogens is 265 g/mol. The Morgan fingerprint density at radius 3 is 2.43 bits per heavy atom. The van der Waals surface area contributed by atoms with Crippen LogP contribution in [0.2, 0.25) is 5.02 Å². The Bertz CT molecular complexity index is 450. The molecule has 0 atom stereocenters. The average molecular weight is 273 g/mol. The molecule has 0 bridgehead atoms. The second-order valence-corrected chi connectivity index (χ2v) is 4.02. The Labute approximate surface area is 94.4 Å². The van der Waals surface area contributed by atoms with E-state index in [-0.39, 0.29) is 0 Å². The van der Waals surface area contributed by atoms with Crippen molar-refractivity contribution in [3.63, 3.8) is 0 Å². The summed E-state index contributed by atoms with van der Waals surface area (Å²) in [5.41, 5.74) is 7.28. The molecule has 1 heterocycles. The Hall–Kier alpha value is -1.000. The molecule has 0 amide bonds. The van der Waals surface area contributed by atoms with Crippen LogP contribution in [0.25, 0.3) is 11.3 Å². The van der Waals surface area contributed by atoms with Gasteiger partial charge in [0.1, 0.15) is 10.3 Å². The summed E-state index contributed by atoms with van der Waals surface area (Å²) in [5, 5.41) is 0.702. The number of aromatic nitrogens is 2. The van der Waals surface area contributed by atoms with Crippen LogP contribution >= 0.6 is 27.5 Å². The van der Waals surface area contributed by atoms with Crippen LogP contribution in [0.15, 0.2) is 28.9 Å². The standard InChI is InChI=1S/C9H7BrClN3/c10-8-7(13-9(12)14-8)5-1-3-6(11)4-2-5/h1-4H,(H3,12,13,14). The Morgan fingerprint density at radius 1 is 1.29 bits per heavy atom.